The zero-order valence-corrected chi connectivity index (χ0v) is 13.0. The van der Waals surface area contributed by atoms with Crippen LogP contribution in [0.15, 0.2) is 41.8 Å². The summed E-state index contributed by atoms with van der Waals surface area (Å²) in [6.07, 6.45) is 0.932. The lowest BCUT2D eigenvalue weighted by Crippen LogP contribution is -2.33. The Labute approximate surface area is 134 Å². The lowest BCUT2D eigenvalue weighted by molar-refractivity contribution is 0.203. The molecule has 0 radical (unpaired) electrons. The molecule has 0 saturated heterocycles. The highest BCUT2D eigenvalue weighted by Crippen LogP contribution is 2.09. The van der Waals surface area contributed by atoms with Gasteiger partial charge in [-0.2, -0.15) is 5.26 Å². The van der Waals surface area contributed by atoms with Gasteiger partial charge in [0, 0.05) is 0 Å². The Morgan fingerprint density at radius 3 is 2.68 bits per heavy atom. The molecule has 1 aromatic carbocycles. The maximum absolute atomic E-state index is 11.7. The largest absolute Gasteiger partial charge is 0.478 e. The van der Waals surface area contributed by atoms with Gasteiger partial charge in [-0.15, -0.1) is 0 Å². The van der Waals surface area contributed by atoms with E-state index in [1.54, 1.807) is 30.3 Å². The van der Waals surface area contributed by atoms with Crippen molar-refractivity contribution in [1.29, 1.82) is 5.26 Å². The third kappa shape index (κ3) is 5.81. The lowest BCUT2D eigenvalue weighted by Gasteiger charge is -2.10. The molecule has 0 fully saturated rings. The van der Waals surface area contributed by atoms with E-state index < -0.39 is 6.09 Å². The number of ether oxygens (including phenoxy) is 2. The zero-order chi connectivity index (χ0) is 16.4. The molecular formula is C15H17N3O3S. The van der Waals surface area contributed by atoms with Crippen molar-refractivity contribution in [3.05, 3.63) is 41.8 Å². The molecule has 1 amide bonds. The van der Waals surface area contributed by atoms with Gasteiger partial charge in [-0.05, 0) is 18.6 Å². The Kier molecular flexibility index (Phi) is 7.43. The number of nitrogens with two attached hydrogens (primary N) is 1. The van der Waals surface area contributed by atoms with Crippen LogP contribution in [0.1, 0.15) is 19.8 Å². The predicted octanol–water partition coefficient (Wildman–Crippen LogP) is 2.61. The van der Waals surface area contributed by atoms with Crippen molar-refractivity contribution in [1.82, 2.24) is 5.32 Å². The van der Waals surface area contributed by atoms with E-state index in [0.29, 0.717) is 12.4 Å². The molecule has 0 aliphatic carbocycles. The molecule has 1 rings (SSSR count). The maximum Gasteiger partial charge on any atom is 0.417 e. The summed E-state index contributed by atoms with van der Waals surface area (Å²) in [6, 6.07) is 10.3. The van der Waals surface area contributed by atoms with Crippen LogP contribution in [0.5, 0.6) is 5.75 Å². The molecule has 116 valence electrons. The highest BCUT2D eigenvalue weighted by Gasteiger charge is 2.15. The summed E-state index contributed by atoms with van der Waals surface area (Å²) >= 11 is 4.97. The van der Waals surface area contributed by atoms with E-state index in [1.807, 2.05) is 13.0 Å². The Hall–Kier alpha value is -2.59. The van der Waals surface area contributed by atoms with Crippen molar-refractivity contribution >= 4 is 23.3 Å². The predicted molar refractivity (Wildman–Crippen MR) is 85.9 cm³/mol. The smallest absolute Gasteiger partial charge is 0.417 e. The molecular weight excluding hydrogens is 302 g/mol. The van der Waals surface area contributed by atoms with Crippen LogP contribution in [0.2, 0.25) is 0 Å². The second-order valence-corrected chi connectivity index (χ2v) is 4.62. The van der Waals surface area contributed by atoms with Crippen molar-refractivity contribution in [3.63, 3.8) is 0 Å². The van der Waals surface area contributed by atoms with Gasteiger partial charge >= 0.3 is 6.09 Å². The number of para-hydroxylation sites is 1. The van der Waals surface area contributed by atoms with E-state index in [1.165, 1.54) is 0 Å². The van der Waals surface area contributed by atoms with E-state index >= 15 is 0 Å². The third-order valence-corrected chi connectivity index (χ3v) is 2.82. The number of amides is 1. The van der Waals surface area contributed by atoms with Crippen molar-refractivity contribution in [2.45, 2.75) is 19.8 Å². The number of nitriles is 1. The molecule has 22 heavy (non-hydrogen) atoms. The van der Waals surface area contributed by atoms with Crippen LogP contribution in [0, 0.1) is 11.3 Å². The number of rotatable bonds is 6. The molecule has 0 unspecified atom stereocenters. The normalized spacial score (nSPS) is 10.9. The fourth-order valence-corrected chi connectivity index (χ4v) is 1.62. The number of unbranched alkanes of at least 4 members (excludes halogenated alkanes) is 1. The lowest BCUT2D eigenvalue weighted by atomic mass is 10.3. The van der Waals surface area contributed by atoms with E-state index in [-0.39, 0.29) is 16.4 Å². The summed E-state index contributed by atoms with van der Waals surface area (Å²) in [7, 11) is 0. The Morgan fingerprint density at radius 1 is 1.41 bits per heavy atom. The Bertz CT molecular complexity index is 594. The van der Waals surface area contributed by atoms with Crippen LogP contribution >= 0.6 is 12.2 Å². The number of thiocarbonyl (C=S) groups is 1. The van der Waals surface area contributed by atoms with Crippen LogP contribution in [-0.2, 0) is 4.74 Å². The average Bonchev–Trinajstić information content (AvgIpc) is 2.49. The molecule has 0 saturated carbocycles. The van der Waals surface area contributed by atoms with E-state index in [9.17, 15) is 4.79 Å². The second-order valence-electron chi connectivity index (χ2n) is 4.21. The summed E-state index contributed by atoms with van der Waals surface area (Å²) in [6.45, 7) is 2.38. The molecule has 0 spiro atoms. The average molecular weight is 319 g/mol. The molecule has 3 N–H and O–H groups in total. The fraction of sp³-hybridized carbons (Fsp3) is 0.267. The van der Waals surface area contributed by atoms with Crippen molar-refractivity contribution < 1.29 is 14.3 Å². The molecule has 0 atom stereocenters. The SMILES string of the molecule is CCCCOC(N)=C(C#N)C(=S)NC(=O)Oc1ccccc1. The first-order valence-corrected chi connectivity index (χ1v) is 7.10. The second kappa shape index (κ2) is 9.37. The quantitative estimate of drug-likeness (QED) is 0.275. The van der Waals surface area contributed by atoms with Gasteiger partial charge in [-0.25, -0.2) is 4.79 Å². The minimum absolute atomic E-state index is 0.101. The van der Waals surface area contributed by atoms with E-state index in [4.69, 9.17) is 32.7 Å². The number of nitrogens with one attached hydrogen (secondary N) is 1. The standard InChI is InChI=1S/C15H17N3O3S/c1-2-3-9-20-13(17)12(10-16)14(22)18-15(19)21-11-7-5-4-6-8-11/h4-8H,2-3,9,17H2,1H3,(H,18,19,22). The first kappa shape index (κ1) is 17.5. The molecule has 0 heterocycles. The summed E-state index contributed by atoms with van der Waals surface area (Å²) in [5.74, 6) is 0.249. The monoisotopic (exact) mass is 319 g/mol. The van der Waals surface area contributed by atoms with Gasteiger partial charge in [0.25, 0.3) is 0 Å². The first-order chi connectivity index (χ1) is 10.6. The van der Waals surface area contributed by atoms with Gasteiger partial charge in [0.2, 0.25) is 5.88 Å². The van der Waals surface area contributed by atoms with Crippen LogP contribution < -0.4 is 15.8 Å². The minimum atomic E-state index is -0.801. The van der Waals surface area contributed by atoms with E-state index in [0.717, 1.165) is 12.8 Å². The van der Waals surface area contributed by atoms with Gasteiger partial charge < -0.3 is 15.2 Å². The van der Waals surface area contributed by atoms with Gasteiger partial charge in [0.15, 0.2) is 0 Å². The fourth-order valence-electron chi connectivity index (χ4n) is 1.39. The van der Waals surface area contributed by atoms with E-state index in [2.05, 4.69) is 5.32 Å². The Balaban J connectivity index is 2.63. The molecule has 1 aromatic rings. The first-order valence-electron chi connectivity index (χ1n) is 6.69. The molecule has 7 heteroatoms. The number of hydrogen-bond acceptors (Lipinski definition) is 6. The topological polar surface area (TPSA) is 97.4 Å². The highest BCUT2D eigenvalue weighted by molar-refractivity contribution is 7.80. The van der Waals surface area contributed by atoms with Gasteiger partial charge in [-0.3, -0.25) is 5.32 Å². The van der Waals surface area contributed by atoms with Gasteiger partial charge in [0.1, 0.15) is 22.4 Å². The third-order valence-electron chi connectivity index (χ3n) is 2.51. The number of carbonyl (C=O) groups excluding carboxylic acids is 1. The zero-order valence-electron chi connectivity index (χ0n) is 12.2. The molecule has 0 aliphatic heterocycles. The number of nitrogens with zero attached hydrogens (tertiary/aromatic N) is 1. The summed E-state index contributed by atoms with van der Waals surface area (Å²) in [4.78, 5) is 11.6. The van der Waals surface area contributed by atoms with Crippen LogP contribution in [0.25, 0.3) is 0 Å². The minimum Gasteiger partial charge on any atom is -0.478 e. The molecule has 6 nitrogen and oxygen atoms in total. The summed E-state index contributed by atoms with van der Waals surface area (Å²) in [5, 5.41) is 11.4. The summed E-state index contributed by atoms with van der Waals surface area (Å²) in [5.41, 5.74) is 5.55. The highest BCUT2D eigenvalue weighted by atomic mass is 32.1. The number of hydrogen-bond donors (Lipinski definition) is 2. The van der Waals surface area contributed by atoms with Crippen LogP contribution in [0.4, 0.5) is 4.79 Å². The molecule has 0 bridgehead atoms. The van der Waals surface area contributed by atoms with Gasteiger partial charge in [0.05, 0.1) is 6.61 Å². The molecule has 0 aliphatic rings. The number of benzene rings is 1. The maximum atomic E-state index is 11.7. The van der Waals surface area contributed by atoms with Crippen LogP contribution in [0.3, 0.4) is 0 Å². The van der Waals surface area contributed by atoms with Crippen molar-refractivity contribution in [3.8, 4) is 11.8 Å². The Morgan fingerprint density at radius 2 is 2.09 bits per heavy atom. The van der Waals surface area contributed by atoms with Crippen molar-refractivity contribution in [2.75, 3.05) is 6.61 Å². The van der Waals surface area contributed by atoms with Crippen LogP contribution in [-0.4, -0.2) is 17.7 Å². The van der Waals surface area contributed by atoms with Crippen molar-refractivity contribution in [2.24, 2.45) is 5.73 Å². The summed E-state index contributed by atoms with van der Waals surface area (Å²) < 4.78 is 10.2. The number of carbonyl (C=O) groups is 1. The van der Waals surface area contributed by atoms with Gasteiger partial charge in [-0.1, -0.05) is 43.8 Å². The molecule has 0 aromatic heterocycles.